The van der Waals surface area contributed by atoms with Gasteiger partial charge in [0.15, 0.2) is 5.96 Å². The highest BCUT2D eigenvalue weighted by molar-refractivity contribution is 7.09. The van der Waals surface area contributed by atoms with E-state index < -0.39 is 0 Å². The molecule has 5 rings (SSSR count). The first-order valence-electron chi connectivity index (χ1n) is 10.1. The second-order valence-electron chi connectivity index (χ2n) is 8.34. The molecule has 3 unspecified atom stereocenters. The number of nitrogens with zero attached hydrogens (tertiary/aromatic N) is 3. The molecule has 1 aromatic rings. The van der Waals surface area contributed by atoms with Gasteiger partial charge in [-0.05, 0) is 30.7 Å². The van der Waals surface area contributed by atoms with Crippen molar-refractivity contribution >= 4 is 17.3 Å². The average molecular weight is 375 g/mol. The van der Waals surface area contributed by atoms with Crippen molar-refractivity contribution in [1.29, 1.82) is 0 Å². The zero-order valence-corrected chi connectivity index (χ0v) is 16.5. The van der Waals surface area contributed by atoms with Crippen molar-refractivity contribution < 1.29 is 4.74 Å². The van der Waals surface area contributed by atoms with E-state index >= 15 is 0 Å². The molecule has 0 aromatic carbocycles. The van der Waals surface area contributed by atoms with Gasteiger partial charge >= 0.3 is 0 Å². The Morgan fingerprint density at radius 2 is 2.19 bits per heavy atom. The van der Waals surface area contributed by atoms with Crippen molar-refractivity contribution in [2.75, 3.05) is 39.8 Å². The number of hydrogen-bond acceptors (Lipinski definition) is 4. The first-order valence-corrected chi connectivity index (χ1v) is 11.0. The lowest BCUT2D eigenvalue weighted by molar-refractivity contribution is -0.171. The Labute approximate surface area is 160 Å². The maximum Gasteiger partial charge on any atom is 0.193 e. The third-order valence-electron chi connectivity index (χ3n) is 7.16. The number of piperazine rings is 1. The number of hydrogen-bond donors (Lipinski definition) is 1. The molecule has 0 bridgehead atoms. The van der Waals surface area contributed by atoms with Crippen molar-refractivity contribution in [2.45, 2.75) is 44.4 Å². The second-order valence-corrected chi connectivity index (χ2v) is 9.37. The number of guanidine groups is 1. The number of rotatable bonds is 3. The Morgan fingerprint density at radius 1 is 1.35 bits per heavy atom. The van der Waals surface area contributed by atoms with Crippen molar-refractivity contribution in [3.8, 4) is 0 Å². The standard InChI is InChI=1S/C20H30N4OS/c1-21-19(22-17-16-5-12-25-18(16)20(17)6-3-7-20)24-10-8-23(9-11-24)14-15-4-2-13-26-15/h2,4,13,16-18H,3,5-12,14H2,1H3,(H,21,22). The number of ether oxygens (including phenoxy) is 1. The van der Waals surface area contributed by atoms with Crippen LogP contribution in [0.15, 0.2) is 22.5 Å². The van der Waals surface area contributed by atoms with Gasteiger partial charge in [-0.25, -0.2) is 0 Å². The lowest BCUT2D eigenvalue weighted by Crippen LogP contribution is -2.73. The van der Waals surface area contributed by atoms with E-state index in [1.165, 1.54) is 30.6 Å². The third-order valence-corrected chi connectivity index (χ3v) is 8.03. The topological polar surface area (TPSA) is 40.1 Å². The highest BCUT2D eigenvalue weighted by Crippen LogP contribution is 2.62. The Bertz CT molecular complexity index is 649. The van der Waals surface area contributed by atoms with E-state index in [2.05, 4.69) is 37.6 Å². The molecule has 1 aromatic heterocycles. The molecule has 3 atom stereocenters. The summed E-state index contributed by atoms with van der Waals surface area (Å²) in [6.07, 6.45) is 5.77. The molecule has 6 heteroatoms. The number of aliphatic imine (C=N–C) groups is 1. The van der Waals surface area contributed by atoms with Crippen LogP contribution in [-0.2, 0) is 11.3 Å². The Kier molecular flexibility index (Phi) is 4.45. The largest absolute Gasteiger partial charge is 0.377 e. The van der Waals surface area contributed by atoms with Gasteiger partial charge in [0, 0.05) is 68.6 Å². The third kappa shape index (κ3) is 2.69. The molecule has 1 spiro atoms. The quantitative estimate of drug-likeness (QED) is 0.652. The second kappa shape index (κ2) is 6.80. The SMILES string of the molecule is CN=C(NC1C2CCOC2C12CCC2)N1CCN(Cc2cccs2)CC1. The van der Waals surface area contributed by atoms with Crippen molar-refractivity contribution in [2.24, 2.45) is 16.3 Å². The molecule has 3 heterocycles. The number of fused-ring (bicyclic) bond motifs is 2. The predicted octanol–water partition coefficient (Wildman–Crippen LogP) is 2.40. The molecule has 2 aliphatic heterocycles. The Hall–Kier alpha value is -1.11. The van der Waals surface area contributed by atoms with Gasteiger partial charge in [0.1, 0.15) is 0 Å². The minimum atomic E-state index is 0.415. The van der Waals surface area contributed by atoms with Gasteiger partial charge in [-0.15, -0.1) is 11.3 Å². The van der Waals surface area contributed by atoms with Gasteiger partial charge in [0.25, 0.3) is 0 Å². The minimum Gasteiger partial charge on any atom is -0.377 e. The van der Waals surface area contributed by atoms with Gasteiger partial charge in [0.05, 0.1) is 6.10 Å². The van der Waals surface area contributed by atoms with E-state index in [0.29, 0.717) is 23.5 Å². The minimum absolute atomic E-state index is 0.415. The summed E-state index contributed by atoms with van der Waals surface area (Å²) in [5.41, 5.74) is 0.415. The molecule has 0 radical (unpaired) electrons. The van der Waals surface area contributed by atoms with Crippen LogP contribution >= 0.6 is 11.3 Å². The fourth-order valence-electron chi connectivity index (χ4n) is 5.63. The van der Waals surface area contributed by atoms with Gasteiger partial charge in [-0.1, -0.05) is 12.5 Å². The van der Waals surface area contributed by atoms with Crippen LogP contribution in [0.3, 0.4) is 0 Å². The van der Waals surface area contributed by atoms with Crippen LogP contribution in [-0.4, -0.2) is 67.7 Å². The maximum atomic E-state index is 6.07. The lowest BCUT2D eigenvalue weighted by Gasteiger charge is -2.63. The van der Waals surface area contributed by atoms with Crippen LogP contribution in [0.1, 0.15) is 30.6 Å². The molecule has 2 saturated carbocycles. The van der Waals surface area contributed by atoms with Crippen molar-refractivity contribution in [3.63, 3.8) is 0 Å². The summed E-state index contributed by atoms with van der Waals surface area (Å²) in [7, 11) is 1.94. The first kappa shape index (κ1) is 17.0. The highest BCUT2D eigenvalue weighted by atomic mass is 32.1. The zero-order valence-electron chi connectivity index (χ0n) is 15.7. The van der Waals surface area contributed by atoms with Crippen LogP contribution in [0.25, 0.3) is 0 Å². The van der Waals surface area contributed by atoms with E-state index in [1.54, 1.807) is 0 Å². The van der Waals surface area contributed by atoms with Crippen LogP contribution in [0.5, 0.6) is 0 Å². The number of thiophene rings is 1. The van der Waals surface area contributed by atoms with Crippen LogP contribution in [0.2, 0.25) is 0 Å². The van der Waals surface area contributed by atoms with Crippen LogP contribution < -0.4 is 5.32 Å². The summed E-state index contributed by atoms with van der Waals surface area (Å²) >= 11 is 1.86. The molecule has 0 amide bonds. The van der Waals surface area contributed by atoms with Crippen LogP contribution in [0, 0.1) is 11.3 Å². The Morgan fingerprint density at radius 3 is 2.85 bits per heavy atom. The molecule has 4 aliphatic rings. The van der Waals surface area contributed by atoms with Crippen LogP contribution in [0.4, 0.5) is 0 Å². The molecule has 2 aliphatic carbocycles. The fourth-order valence-corrected chi connectivity index (χ4v) is 6.38. The lowest BCUT2D eigenvalue weighted by atomic mass is 9.46. The molecule has 26 heavy (non-hydrogen) atoms. The Balaban J connectivity index is 1.19. The monoisotopic (exact) mass is 374 g/mol. The summed E-state index contributed by atoms with van der Waals surface area (Å²) in [5, 5.41) is 6.05. The molecule has 4 fully saturated rings. The van der Waals surface area contributed by atoms with Gasteiger partial charge < -0.3 is 15.0 Å². The number of nitrogens with one attached hydrogen (secondary N) is 1. The molecular weight excluding hydrogens is 344 g/mol. The summed E-state index contributed by atoms with van der Waals surface area (Å²) in [5.74, 6) is 1.81. The van der Waals surface area contributed by atoms with Gasteiger partial charge in [-0.2, -0.15) is 0 Å². The van der Waals surface area contributed by atoms with Gasteiger partial charge in [-0.3, -0.25) is 9.89 Å². The summed E-state index contributed by atoms with van der Waals surface area (Å²) in [6, 6.07) is 4.97. The smallest absolute Gasteiger partial charge is 0.193 e. The normalized spacial score (nSPS) is 33.7. The van der Waals surface area contributed by atoms with E-state index in [-0.39, 0.29) is 0 Å². The maximum absolute atomic E-state index is 6.07. The molecule has 5 nitrogen and oxygen atoms in total. The fraction of sp³-hybridized carbons (Fsp3) is 0.750. The summed E-state index contributed by atoms with van der Waals surface area (Å²) in [4.78, 5) is 11.1. The predicted molar refractivity (Wildman–Crippen MR) is 106 cm³/mol. The molecule has 142 valence electrons. The van der Waals surface area contributed by atoms with Crippen molar-refractivity contribution in [3.05, 3.63) is 22.4 Å². The van der Waals surface area contributed by atoms with E-state index in [1.807, 2.05) is 18.4 Å². The summed E-state index contributed by atoms with van der Waals surface area (Å²) in [6.45, 7) is 6.40. The molecule has 2 saturated heterocycles. The zero-order chi connectivity index (χ0) is 17.6. The van der Waals surface area contributed by atoms with E-state index in [9.17, 15) is 0 Å². The highest BCUT2D eigenvalue weighted by Gasteiger charge is 2.66. The average Bonchev–Trinajstić information content (AvgIpc) is 3.26. The van der Waals surface area contributed by atoms with Crippen molar-refractivity contribution in [1.82, 2.24) is 15.1 Å². The first-order chi connectivity index (χ1) is 12.8. The van der Waals surface area contributed by atoms with E-state index in [0.717, 1.165) is 45.3 Å². The summed E-state index contributed by atoms with van der Waals surface area (Å²) < 4.78 is 6.07. The van der Waals surface area contributed by atoms with E-state index in [4.69, 9.17) is 4.74 Å². The molecule has 1 N–H and O–H groups in total. The molecular formula is C20H30N4OS. The van der Waals surface area contributed by atoms with Gasteiger partial charge in [0.2, 0.25) is 0 Å².